The van der Waals surface area contributed by atoms with Gasteiger partial charge < -0.3 is 10.6 Å². The summed E-state index contributed by atoms with van der Waals surface area (Å²) in [7, 11) is 3.63. The number of hydrogen-bond acceptors (Lipinski definition) is 3. The molecule has 0 aliphatic rings. The number of nitrogens with zero attached hydrogens (tertiary/aromatic N) is 2. The molecule has 0 fully saturated rings. The van der Waals surface area contributed by atoms with Crippen molar-refractivity contribution in [3.8, 4) is 0 Å². The predicted molar refractivity (Wildman–Crippen MR) is 58.3 cm³/mol. The van der Waals surface area contributed by atoms with Gasteiger partial charge in [0, 0.05) is 25.4 Å². The third-order valence-corrected chi connectivity index (χ3v) is 2.39. The molecule has 0 aliphatic heterocycles. The Hall–Kier alpha value is -1.36. The van der Waals surface area contributed by atoms with E-state index < -0.39 is 0 Å². The molecule has 1 aromatic rings. The number of likely N-dealkylation sites (N-methyl/N-ethyl adjacent to an activating group) is 1. The van der Waals surface area contributed by atoms with Gasteiger partial charge in [-0.3, -0.25) is 9.48 Å². The number of aromatic nitrogens is 2. The molecule has 5 nitrogen and oxygen atoms in total. The van der Waals surface area contributed by atoms with E-state index >= 15 is 0 Å². The summed E-state index contributed by atoms with van der Waals surface area (Å²) in [6.07, 6.45) is 1.92. The summed E-state index contributed by atoms with van der Waals surface area (Å²) in [6, 6.07) is -0.165. The zero-order valence-corrected chi connectivity index (χ0v) is 9.66. The fourth-order valence-corrected chi connectivity index (χ4v) is 1.29. The number of rotatable bonds is 4. The van der Waals surface area contributed by atoms with Crippen LogP contribution in [0, 0.1) is 6.92 Å². The van der Waals surface area contributed by atoms with Crippen molar-refractivity contribution in [3.05, 3.63) is 17.5 Å². The number of carbonyl (C=O) groups excluding carboxylic acids is 1. The van der Waals surface area contributed by atoms with Gasteiger partial charge in [-0.15, -0.1) is 0 Å². The Morgan fingerprint density at radius 2 is 2.33 bits per heavy atom. The Balaban J connectivity index is 2.50. The fourth-order valence-electron chi connectivity index (χ4n) is 1.29. The predicted octanol–water partition coefficient (Wildman–Crippen LogP) is -0.0474. The lowest BCUT2D eigenvalue weighted by Crippen LogP contribution is -2.40. The van der Waals surface area contributed by atoms with Gasteiger partial charge in [0.1, 0.15) is 0 Å². The van der Waals surface area contributed by atoms with E-state index in [1.807, 2.05) is 27.1 Å². The summed E-state index contributed by atoms with van der Waals surface area (Å²) < 4.78 is 1.75. The average molecular weight is 210 g/mol. The second kappa shape index (κ2) is 4.93. The van der Waals surface area contributed by atoms with E-state index in [-0.39, 0.29) is 11.9 Å². The van der Waals surface area contributed by atoms with E-state index in [1.54, 1.807) is 11.7 Å². The van der Waals surface area contributed by atoms with Crippen molar-refractivity contribution in [3.63, 3.8) is 0 Å². The highest BCUT2D eigenvalue weighted by atomic mass is 16.2. The number of aryl methyl sites for hydroxylation is 2. The summed E-state index contributed by atoms with van der Waals surface area (Å²) in [4.78, 5) is 11.5. The molecule has 5 heteroatoms. The van der Waals surface area contributed by atoms with Crippen LogP contribution >= 0.6 is 0 Å². The van der Waals surface area contributed by atoms with Crippen LogP contribution in [0.3, 0.4) is 0 Å². The van der Waals surface area contributed by atoms with Crippen LogP contribution in [0.5, 0.6) is 0 Å². The van der Waals surface area contributed by atoms with Crippen molar-refractivity contribution in [1.29, 1.82) is 0 Å². The molecule has 1 aromatic heterocycles. The molecule has 15 heavy (non-hydrogen) atoms. The topological polar surface area (TPSA) is 59.0 Å². The van der Waals surface area contributed by atoms with Crippen molar-refractivity contribution < 1.29 is 4.79 Å². The van der Waals surface area contributed by atoms with Gasteiger partial charge in [0.25, 0.3) is 0 Å². The van der Waals surface area contributed by atoms with Crippen LogP contribution in [0.2, 0.25) is 0 Å². The molecular weight excluding hydrogens is 192 g/mol. The first-order valence-electron chi connectivity index (χ1n) is 4.98. The first-order chi connectivity index (χ1) is 7.04. The minimum Gasteiger partial charge on any atom is -0.351 e. The lowest BCUT2D eigenvalue weighted by Gasteiger charge is -2.10. The van der Waals surface area contributed by atoms with Crippen LogP contribution in [0.25, 0.3) is 0 Å². The lowest BCUT2D eigenvalue weighted by atomic mass is 10.2. The lowest BCUT2D eigenvalue weighted by molar-refractivity contribution is -0.122. The van der Waals surface area contributed by atoms with Gasteiger partial charge in [-0.2, -0.15) is 5.10 Å². The molecule has 0 bridgehead atoms. The second-order valence-electron chi connectivity index (χ2n) is 3.64. The van der Waals surface area contributed by atoms with E-state index in [1.165, 1.54) is 0 Å². The van der Waals surface area contributed by atoms with Gasteiger partial charge in [0.05, 0.1) is 11.7 Å². The highest BCUT2D eigenvalue weighted by Gasteiger charge is 2.10. The maximum Gasteiger partial charge on any atom is 0.237 e. The number of amides is 1. The van der Waals surface area contributed by atoms with Crippen LogP contribution in [-0.4, -0.2) is 28.8 Å². The molecule has 1 atom stereocenters. The van der Waals surface area contributed by atoms with E-state index in [4.69, 9.17) is 0 Å². The van der Waals surface area contributed by atoms with Gasteiger partial charge in [0.15, 0.2) is 0 Å². The van der Waals surface area contributed by atoms with Gasteiger partial charge in [-0.1, -0.05) is 0 Å². The second-order valence-corrected chi connectivity index (χ2v) is 3.64. The Morgan fingerprint density at radius 3 is 2.80 bits per heavy atom. The zero-order chi connectivity index (χ0) is 11.4. The summed E-state index contributed by atoms with van der Waals surface area (Å²) in [5.41, 5.74) is 2.00. The highest BCUT2D eigenvalue weighted by molar-refractivity contribution is 5.81. The standard InChI is InChI=1S/C10H18N4O/c1-7-9(6-14(4)13-7)5-12-10(15)8(2)11-3/h6,8,11H,5H2,1-4H3,(H,12,15). The molecule has 0 aromatic carbocycles. The van der Waals surface area contributed by atoms with E-state index in [0.29, 0.717) is 6.54 Å². The molecule has 0 saturated heterocycles. The van der Waals surface area contributed by atoms with Crippen LogP contribution < -0.4 is 10.6 Å². The van der Waals surface area contributed by atoms with Crippen molar-refractivity contribution in [1.82, 2.24) is 20.4 Å². The van der Waals surface area contributed by atoms with Crippen molar-refractivity contribution in [2.75, 3.05) is 7.05 Å². The van der Waals surface area contributed by atoms with Crippen LogP contribution in [-0.2, 0) is 18.4 Å². The molecular formula is C10H18N4O. The van der Waals surface area contributed by atoms with Crippen LogP contribution in [0.4, 0.5) is 0 Å². The summed E-state index contributed by atoms with van der Waals surface area (Å²) in [5, 5.41) is 9.94. The maximum atomic E-state index is 11.5. The van der Waals surface area contributed by atoms with Gasteiger partial charge in [-0.25, -0.2) is 0 Å². The SMILES string of the molecule is CNC(C)C(=O)NCc1cn(C)nc1C. The average Bonchev–Trinajstić information content (AvgIpc) is 2.52. The minimum atomic E-state index is -0.165. The number of hydrogen-bond donors (Lipinski definition) is 2. The molecule has 0 aliphatic carbocycles. The van der Waals surface area contributed by atoms with Gasteiger partial charge >= 0.3 is 0 Å². The number of nitrogens with one attached hydrogen (secondary N) is 2. The Labute approximate surface area is 89.9 Å². The highest BCUT2D eigenvalue weighted by Crippen LogP contribution is 2.03. The Bertz CT molecular complexity index is 345. The largest absolute Gasteiger partial charge is 0.351 e. The molecule has 1 amide bonds. The Morgan fingerprint density at radius 1 is 1.67 bits per heavy atom. The first kappa shape index (κ1) is 11.7. The summed E-state index contributed by atoms with van der Waals surface area (Å²) in [5.74, 6) is 0.000697. The van der Waals surface area contributed by atoms with Crippen molar-refractivity contribution in [2.24, 2.45) is 7.05 Å². The molecule has 1 rings (SSSR count). The zero-order valence-electron chi connectivity index (χ0n) is 9.66. The summed E-state index contributed by atoms with van der Waals surface area (Å²) >= 11 is 0. The monoisotopic (exact) mass is 210 g/mol. The smallest absolute Gasteiger partial charge is 0.237 e. The molecule has 0 radical (unpaired) electrons. The van der Waals surface area contributed by atoms with Crippen molar-refractivity contribution >= 4 is 5.91 Å². The van der Waals surface area contributed by atoms with Crippen molar-refractivity contribution in [2.45, 2.75) is 26.4 Å². The molecule has 1 unspecified atom stereocenters. The van der Waals surface area contributed by atoms with Crippen LogP contribution in [0.15, 0.2) is 6.20 Å². The molecule has 2 N–H and O–H groups in total. The molecule has 84 valence electrons. The molecule has 0 spiro atoms. The minimum absolute atomic E-state index is 0.000697. The fraction of sp³-hybridized carbons (Fsp3) is 0.600. The third kappa shape index (κ3) is 3.06. The summed E-state index contributed by atoms with van der Waals surface area (Å²) in [6.45, 7) is 4.29. The van der Waals surface area contributed by atoms with Gasteiger partial charge in [-0.05, 0) is 20.9 Å². The first-order valence-corrected chi connectivity index (χ1v) is 4.98. The Kier molecular flexibility index (Phi) is 3.85. The normalized spacial score (nSPS) is 12.5. The quantitative estimate of drug-likeness (QED) is 0.732. The van der Waals surface area contributed by atoms with E-state index in [0.717, 1.165) is 11.3 Å². The third-order valence-electron chi connectivity index (χ3n) is 2.39. The molecule has 0 saturated carbocycles. The maximum absolute atomic E-state index is 11.5. The number of carbonyl (C=O) groups is 1. The van der Waals surface area contributed by atoms with E-state index in [9.17, 15) is 4.79 Å². The van der Waals surface area contributed by atoms with E-state index in [2.05, 4.69) is 15.7 Å². The van der Waals surface area contributed by atoms with Gasteiger partial charge in [0.2, 0.25) is 5.91 Å². The van der Waals surface area contributed by atoms with Crippen LogP contribution in [0.1, 0.15) is 18.2 Å². The molecule has 1 heterocycles.